The van der Waals surface area contributed by atoms with E-state index >= 15 is 0 Å². The lowest BCUT2D eigenvalue weighted by Gasteiger charge is -2.19. The zero-order valence-electron chi connectivity index (χ0n) is 11.4. The second-order valence-corrected chi connectivity index (χ2v) is 4.82. The third kappa shape index (κ3) is 5.76. The fourth-order valence-corrected chi connectivity index (χ4v) is 1.27. The van der Waals surface area contributed by atoms with E-state index in [4.69, 9.17) is 4.74 Å². The predicted octanol–water partition coefficient (Wildman–Crippen LogP) is 3.21. The molecule has 19 heavy (non-hydrogen) atoms. The van der Waals surface area contributed by atoms with E-state index in [1.165, 1.54) is 7.11 Å². The van der Waals surface area contributed by atoms with Crippen molar-refractivity contribution in [3.8, 4) is 0 Å². The molecule has 104 valence electrons. The number of hydrogen-bond acceptors (Lipinski definition) is 4. The summed E-state index contributed by atoms with van der Waals surface area (Å²) in [4.78, 5) is 22.6. The number of ether oxygens (including phenoxy) is 2. The van der Waals surface area contributed by atoms with Crippen molar-refractivity contribution in [2.45, 2.75) is 26.4 Å². The maximum absolute atomic E-state index is 11.6. The zero-order valence-corrected chi connectivity index (χ0v) is 11.4. The van der Waals surface area contributed by atoms with E-state index < -0.39 is 17.8 Å². The van der Waals surface area contributed by atoms with Crippen molar-refractivity contribution in [1.82, 2.24) is 0 Å². The average molecular weight is 266 g/mol. The van der Waals surface area contributed by atoms with Crippen LogP contribution in [-0.2, 0) is 9.47 Å². The van der Waals surface area contributed by atoms with Gasteiger partial charge in [-0.3, -0.25) is 10.6 Å². The summed E-state index contributed by atoms with van der Waals surface area (Å²) in [6.07, 6.45) is -1.13. The average Bonchev–Trinajstić information content (AvgIpc) is 2.26. The van der Waals surface area contributed by atoms with Gasteiger partial charge in [0.15, 0.2) is 0 Å². The van der Waals surface area contributed by atoms with Gasteiger partial charge in [0, 0.05) is 11.4 Å². The van der Waals surface area contributed by atoms with Crippen LogP contribution in [0.15, 0.2) is 24.3 Å². The first-order chi connectivity index (χ1) is 8.80. The molecule has 1 aromatic carbocycles. The number of carbonyl (C=O) groups excluding carboxylic acids is 2. The first kappa shape index (κ1) is 14.8. The molecule has 0 aliphatic heterocycles. The smallest absolute Gasteiger partial charge is 0.412 e. The van der Waals surface area contributed by atoms with E-state index in [0.717, 1.165) is 0 Å². The number of nitrogens with one attached hydrogen (secondary N) is 2. The third-order valence-corrected chi connectivity index (χ3v) is 1.94. The molecule has 0 fully saturated rings. The predicted molar refractivity (Wildman–Crippen MR) is 72.3 cm³/mol. The molecule has 0 radical (unpaired) electrons. The lowest BCUT2D eigenvalue weighted by Crippen LogP contribution is -2.27. The van der Waals surface area contributed by atoms with Gasteiger partial charge >= 0.3 is 12.2 Å². The molecule has 2 amide bonds. The summed E-state index contributed by atoms with van der Waals surface area (Å²) in [7, 11) is 1.28. The Morgan fingerprint density at radius 3 is 2.05 bits per heavy atom. The van der Waals surface area contributed by atoms with Crippen LogP contribution in [0.25, 0.3) is 0 Å². The Labute approximate surface area is 112 Å². The summed E-state index contributed by atoms with van der Waals surface area (Å²) in [5.74, 6) is 0. The van der Waals surface area contributed by atoms with E-state index in [1.54, 1.807) is 45.0 Å². The van der Waals surface area contributed by atoms with Crippen LogP contribution in [0.1, 0.15) is 20.8 Å². The highest BCUT2D eigenvalue weighted by Gasteiger charge is 2.16. The van der Waals surface area contributed by atoms with Crippen molar-refractivity contribution < 1.29 is 19.1 Å². The van der Waals surface area contributed by atoms with Gasteiger partial charge in [0.2, 0.25) is 0 Å². The Bertz CT molecular complexity index is 466. The van der Waals surface area contributed by atoms with Gasteiger partial charge in [-0.15, -0.1) is 0 Å². The van der Waals surface area contributed by atoms with E-state index in [-0.39, 0.29) is 0 Å². The summed E-state index contributed by atoms with van der Waals surface area (Å²) >= 11 is 0. The van der Waals surface area contributed by atoms with Gasteiger partial charge < -0.3 is 9.47 Å². The molecule has 0 aliphatic carbocycles. The molecule has 6 heteroatoms. The van der Waals surface area contributed by atoms with E-state index in [1.807, 2.05) is 0 Å². The molecule has 6 nitrogen and oxygen atoms in total. The minimum atomic E-state index is -0.575. The number of amides is 2. The van der Waals surface area contributed by atoms with Crippen LogP contribution in [0.2, 0.25) is 0 Å². The molecule has 1 aromatic rings. The lowest BCUT2D eigenvalue weighted by atomic mass is 10.2. The molecule has 0 aliphatic rings. The fourth-order valence-electron chi connectivity index (χ4n) is 1.27. The molecule has 0 saturated heterocycles. The normalized spacial score (nSPS) is 10.5. The van der Waals surface area contributed by atoms with Crippen molar-refractivity contribution in [2.24, 2.45) is 0 Å². The van der Waals surface area contributed by atoms with Crippen molar-refractivity contribution in [3.05, 3.63) is 24.3 Å². The maximum Gasteiger partial charge on any atom is 0.412 e. The largest absolute Gasteiger partial charge is 0.453 e. The van der Waals surface area contributed by atoms with Crippen LogP contribution >= 0.6 is 0 Å². The molecular formula is C13H18N2O4. The highest BCUT2D eigenvalue weighted by molar-refractivity contribution is 5.88. The van der Waals surface area contributed by atoms with Crippen LogP contribution in [0.3, 0.4) is 0 Å². The van der Waals surface area contributed by atoms with Crippen LogP contribution in [0, 0.1) is 0 Å². The second-order valence-electron chi connectivity index (χ2n) is 4.82. The Kier molecular flexibility index (Phi) is 4.74. The Morgan fingerprint density at radius 1 is 1.05 bits per heavy atom. The first-order valence-electron chi connectivity index (χ1n) is 5.75. The molecular weight excluding hydrogens is 248 g/mol. The number of benzene rings is 1. The van der Waals surface area contributed by atoms with Crippen molar-refractivity contribution in [3.63, 3.8) is 0 Å². The molecule has 0 atom stereocenters. The van der Waals surface area contributed by atoms with Gasteiger partial charge in [0.25, 0.3) is 0 Å². The van der Waals surface area contributed by atoms with Crippen molar-refractivity contribution in [2.75, 3.05) is 17.7 Å². The summed E-state index contributed by atoms with van der Waals surface area (Å²) in [5, 5.41) is 5.08. The number of anilines is 2. The lowest BCUT2D eigenvalue weighted by molar-refractivity contribution is 0.0636. The standard InChI is InChI=1S/C13H18N2O4/c1-13(2,3)19-12(17)15-10-7-5-6-9(8-10)14-11(16)18-4/h5-8H,1-4H3,(H,14,16)(H,15,17). The minimum Gasteiger partial charge on any atom is -0.453 e. The number of hydrogen-bond donors (Lipinski definition) is 2. The maximum atomic E-state index is 11.6. The Hall–Kier alpha value is -2.24. The summed E-state index contributed by atoms with van der Waals surface area (Å²) < 4.78 is 9.60. The number of rotatable bonds is 2. The highest BCUT2D eigenvalue weighted by atomic mass is 16.6. The summed E-state index contributed by atoms with van der Waals surface area (Å²) in [5.41, 5.74) is 0.468. The van der Waals surface area contributed by atoms with E-state index in [9.17, 15) is 9.59 Å². The van der Waals surface area contributed by atoms with Gasteiger partial charge in [0.1, 0.15) is 5.60 Å². The summed E-state index contributed by atoms with van der Waals surface area (Å²) in [6.45, 7) is 5.34. The second kappa shape index (κ2) is 6.08. The van der Waals surface area contributed by atoms with Gasteiger partial charge in [-0.25, -0.2) is 9.59 Å². The SMILES string of the molecule is COC(=O)Nc1cccc(NC(=O)OC(C)(C)C)c1. The molecule has 0 aromatic heterocycles. The molecule has 2 N–H and O–H groups in total. The number of methoxy groups -OCH3 is 1. The van der Waals surface area contributed by atoms with Gasteiger partial charge in [0.05, 0.1) is 7.11 Å². The Morgan fingerprint density at radius 2 is 1.58 bits per heavy atom. The molecule has 1 rings (SSSR count). The van der Waals surface area contributed by atoms with Crippen LogP contribution in [0.4, 0.5) is 21.0 Å². The van der Waals surface area contributed by atoms with E-state index in [2.05, 4.69) is 15.4 Å². The molecule has 0 heterocycles. The fraction of sp³-hybridized carbons (Fsp3) is 0.385. The van der Waals surface area contributed by atoms with Gasteiger partial charge in [-0.2, -0.15) is 0 Å². The quantitative estimate of drug-likeness (QED) is 0.861. The van der Waals surface area contributed by atoms with Crippen LogP contribution < -0.4 is 10.6 Å². The molecule has 0 bridgehead atoms. The molecule has 0 saturated carbocycles. The van der Waals surface area contributed by atoms with Crippen LogP contribution in [-0.4, -0.2) is 24.9 Å². The zero-order chi connectivity index (χ0) is 14.5. The first-order valence-corrected chi connectivity index (χ1v) is 5.75. The molecule has 0 spiro atoms. The third-order valence-electron chi connectivity index (χ3n) is 1.94. The summed E-state index contributed by atoms with van der Waals surface area (Å²) in [6, 6.07) is 6.66. The van der Waals surface area contributed by atoms with Crippen LogP contribution in [0.5, 0.6) is 0 Å². The monoisotopic (exact) mass is 266 g/mol. The topological polar surface area (TPSA) is 76.7 Å². The number of carbonyl (C=O) groups is 2. The Balaban J connectivity index is 2.67. The van der Waals surface area contributed by atoms with Crippen molar-refractivity contribution in [1.29, 1.82) is 0 Å². The van der Waals surface area contributed by atoms with Gasteiger partial charge in [-0.05, 0) is 39.0 Å². The highest BCUT2D eigenvalue weighted by Crippen LogP contribution is 2.16. The van der Waals surface area contributed by atoms with Crippen molar-refractivity contribution >= 4 is 23.6 Å². The molecule has 0 unspecified atom stereocenters. The minimum absolute atomic E-state index is 0.514. The van der Waals surface area contributed by atoms with E-state index in [0.29, 0.717) is 11.4 Å². The van der Waals surface area contributed by atoms with Gasteiger partial charge in [-0.1, -0.05) is 6.07 Å².